The maximum atomic E-state index is 4.99. The van der Waals surface area contributed by atoms with Gasteiger partial charge in [0, 0.05) is 5.71 Å². The largest absolute Gasteiger partial charge is 0.285 e. The Bertz CT molecular complexity index is 1060. The molecule has 1 unspecified atom stereocenters. The van der Waals surface area contributed by atoms with E-state index in [2.05, 4.69) is 109 Å². The van der Waals surface area contributed by atoms with Crippen LogP contribution in [0.3, 0.4) is 0 Å². The summed E-state index contributed by atoms with van der Waals surface area (Å²) in [7, 11) is 0. The lowest BCUT2D eigenvalue weighted by atomic mass is 9.87. The number of hydrogen-bond donors (Lipinski definition) is 0. The third kappa shape index (κ3) is 7.42. The summed E-state index contributed by atoms with van der Waals surface area (Å²) in [5, 5.41) is 0. The summed E-state index contributed by atoms with van der Waals surface area (Å²) in [5.41, 5.74) is 9.96. The normalized spacial score (nSPS) is 20.4. The quantitative estimate of drug-likeness (QED) is 0.232. The van der Waals surface area contributed by atoms with Crippen LogP contribution in [0, 0.1) is 5.92 Å². The summed E-state index contributed by atoms with van der Waals surface area (Å²) in [6.07, 6.45) is 30.9. The van der Waals surface area contributed by atoms with Crippen LogP contribution in [0.4, 0.5) is 0 Å². The first-order chi connectivity index (χ1) is 16.4. The lowest BCUT2D eigenvalue weighted by Gasteiger charge is -2.19. The minimum atomic E-state index is 0.368. The molecule has 0 N–H and O–H groups in total. The van der Waals surface area contributed by atoms with E-state index < -0.39 is 0 Å². The monoisotopic (exact) mass is 451 g/mol. The van der Waals surface area contributed by atoms with Crippen molar-refractivity contribution in [3.63, 3.8) is 0 Å². The molecule has 34 heavy (non-hydrogen) atoms. The van der Waals surface area contributed by atoms with Gasteiger partial charge in [-0.15, -0.1) is 0 Å². The van der Waals surface area contributed by atoms with E-state index >= 15 is 0 Å². The minimum absolute atomic E-state index is 0.368. The first kappa shape index (κ1) is 27.1. The minimum Gasteiger partial charge on any atom is -0.285 e. The van der Waals surface area contributed by atoms with E-state index in [1.165, 1.54) is 39.0 Å². The van der Waals surface area contributed by atoms with Gasteiger partial charge in [0.05, 0.1) is 6.54 Å². The molecule has 0 fully saturated rings. The molecule has 0 heterocycles. The molecule has 0 amide bonds. The predicted molar refractivity (Wildman–Crippen MR) is 153 cm³/mol. The second kappa shape index (κ2) is 14.2. The zero-order valence-corrected chi connectivity index (χ0v) is 21.8. The van der Waals surface area contributed by atoms with Crippen LogP contribution in [-0.4, -0.2) is 12.3 Å². The average molecular weight is 452 g/mol. The van der Waals surface area contributed by atoms with Gasteiger partial charge in [0.15, 0.2) is 0 Å². The topological polar surface area (TPSA) is 12.4 Å². The van der Waals surface area contributed by atoms with Crippen LogP contribution >= 0.6 is 0 Å². The van der Waals surface area contributed by atoms with Gasteiger partial charge in [0.1, 0.15) is 0 Å². The Labute approximate surface area is 208 Å². The van der Waals surface area contributed by atoms with Crippen LogP contribution in [0.25, 0.3) is 0 Å². The Hall–Kier alpha value is -3.19. The highest BCUT2D eigenvalue weighted by Gasteiger charge is 2.15. The van der Waals surface area contributed by atoms with Crippen LogP contribution in [0.2, 0.25) is 0 Å². The van der Waals surface area contributed by atoms with Crippen molar-refractivity contribution in [2.24, 2.45) is 10.9 Å². The molecule has 0 saturated heterocycles. The molecule has 0 spiro atoms. The Morgan fingerprint density at radius 2 is 1.91 bits per heavy atom. The first-order valence-electron chi connectivity index (χ1n) is 12.4. The molecule has 1 atom stereocenters. The Balaban J connectivity index is 2.45. The summed E-state index contributed by atoms with van der Waals surface area (Å²) < 4.78 is 0. The van der Waals surface area contributed by atoms with E-state index in [0.717, 1.165) is 25.0 Å². The average Bonchev–Trinajstić information content (AvgIpc) is 2.83. The van der Waals surface area contributed by atoms with E-state index in [9.17, 15) is 0 Å². The molecular weight excluding hydrogens is 410 g/mol. The second-order valence-electron chi connectivity index (χ2n) is 8.84. The van der Waals surface area contributed by atoms with E-state index in [4.69, 9.17) is 4.99 Å². The SMILES string of the molecule is C=C/C=C\C(=C(C)C)C1=C(/C(C)=N/C/C=C(\C=C/CC)C(/C=C)=C2\C=CC=CC2C)C=CCC1. The van der Waals surface area contributed by atoms with Crippen molar-refractivity contribution in [1.29, 1.82) is 0 Å². The molecule has 2 rings (SSSR count). The van der Waals surface area contributed by atoms with E-state index in [1.807, 2.05) is 18.2 Å². The molecule has 0 aromatic rings. The molecule has 1 nitrogen and oxygen atoms in total. The molecule has 2 aliphatic rings. The number of hydrogen-bond acceptors (Lipinski definition) is 1. The fourth-order valence-corrected chi connectivity index (χ4v) is 4.28. The van der Waals surface area contributed by atoms with Crippen LogP contribution in [0.1, 0.15) is 53.9 Å². The fraction of sp³-hybridized carbons (Fsp3) is 0.303. The molecule has 0 bridgehead atoms. The highest BCUT2D eigenvalue weighted by atomic mass is 14.7. The molecule has 0 radical (unpaired) electrons. The summed E-state index contributed by atoms with van der Waals surface area (Å²) >= 11 is 0. The van der Waals surface area contributed by atoms with Crippen molar-refractivity contribution in [2.45, 2.75) is 53.9 Å². The van der Waals surface area contributed by atoms with Gasteiger partial charge in [-0.1, -0.05) is 112 Å². The maximum absolute atomic E-state index is 4.99. The van der Waals surface area contributed by atoms with Gasteiger partial charge in [-0.2, -0.15) is 0 Å². The maximum Gasteiger partial charge on any atom is 0.0582 e. The third-order valence-corrected chi connectivity index (χ3v) is 6.10. The lowest BCUT2D eigenvalue weighted by molar-refractivity contribution is 0.874. The number of nitrogens with zero attached hydrogens (tertiary/aromatic N) is 1. The Kier molecular flexibility index (Phi) is 11.3. The van der Waals surface area contributed by atoms with Gasteiger partial charge < -0.3 is 0 Å². The smallest absolute Gasteiger partial charge is 0.0582 e. The summed E-state index contributed by atoms with van der Waals surface area (Å²) in [6.45, 7) is 19.5. The highest BCUT2D eigenvalue weighted by Crippen LogP contribution is 2.30. The molecular formula is C33H41N. The van der Waals surface area contributed by atoms with E-state index in [0.29, 0.717) is 12.5 Å². The summed E-state index contributed by atoms with van der Waals surface area (Å²) in [6, 6.07) is 0. The van der Waals surface area contributed by atoms with Gasteiger partial charge in [-0.25, -0.2) is 0 Å². The second-order valence-corrected chi connectivity index (χ2v) is 8.84. The van der Waals surface area contributed by atoms with Crippen LogP contribution in [0.5, 0.6) is 0 Å². The fourth-order valence-electron chi connectivity index (χ4n) is 4.28. The molecule has 2 aliphatic carbocycles. The number of allylic oxidation sites excluding steroid dienone is 19. The highest BCUT2D eigenvalue weighted by molar-refractivity contribution is 6.02. The van der Waals surface area contributed by atoms with Gasteiger partial charge in [0.25, 0.3) is 0 Å². The lowest BCUT2D eigenvalue weighted by Crippen LogP contribution is -2.07. The van der Waals surface area contributed by atoms with Gasteiger partial charge in [0.2, 0.25) is 0 Å². The van der Waals surface area contributed by atoms with Gasteiger partial charge in [-0.05, 0) is 79.4 Å². The summed E-state index contributed by atoms with van der Waals surface area (Å²) in [4.78, 5) is 4.99. The first-order valence-corrected chi connectivity index (χ1v) is 12.4. The molecule has 0 aromatic carbocycles. The third-order valence-electron chi connectivity index (χ3n) is 6.10. The van der Waals surface area contributed by atoms with Gasteiger partial charge >= 0.3 is 0 Å². The number of aliphatic imine (C=N–C) groups is 1. The van der Waals surface area contributed by atoms with Crippen molar-refractivity contribution in [3.8, 4) is 0 Å². The molecule has 0 aromatic heterocycles. The molecule has 178 valence electrons. The van der Waals surface area contributed by atoms with Crippen molar-refractivity contribution >= 4 is 5.71 Å². The molecule has 1 heteroatoms. The van der Waals surface area contributed by atoms with Crippen molar-refractivity contribution in [2.75, 3.05) is 6.54 Å². The van der Waals surface area contributed by atoms with Crippen LogP contribution in [0.15, 0.2) is 136 Å². The summed E-state index contributed by atoms with van der Waals surface area (Å²) in [5.74, 6) is 0.368. The molecule has 0 saturated carbocycles. The van der Waals surface area contributed by atoms with Crippen molar-refractivity contribution < 1.29 is 0 Å². The van der Waals surface area contributed by atoms with Crippen molar-refractivity contribution in [1.82, 2.24) is 0 Å². The van der Waals surface area contributed by atoms with E-state index in [1.54, 1.807) is 0 Å². The number of rotatable bonds is 10. The van der Waals surface area contributed by atoms with Crippen LogP contribution < -0.4 is 0 Å². The molecule has 0 aliphatic heterocycles. The zero-order chi connectivity index (χ0) is 24.9. The zero-order valence-electron chi connectivity index (χ0n) is 21.8. The van der Waals surface area contributed by atoms with Crippen LogP contribution in [-0.2, 0) is 0 Å². The van der Waals surface area contributed by atoms with E-state index in [-0.39, 0.29) is 0 Å². The Morgan fingerprint density at radius 1 is 1.12 bits per heavy atom. The Morgan fingerprint density at radius 3 is 2.56 bits per heavy atom. The van der Waals surface area contributed by atoms with Crippen molar-refractivity contribution in [3.05, 3.63) is 131 Å². The standard InChI is InChI=1S/C33H41N/c1-8-11-18-28(29(10-3)31-20-14-13-17-26(31)6)23-24-34-27(7)32-21-15-16-22-33(32)30(25(4)5)19-12-9-2/h9-15,17-21,23,26H,2-3,8,16,22,24H2,1,4-7H3/b18-11-,19-12-,28-23+,31-29+,34-27+. The predicted octanol–water partition coefficient (Wildman–Crippen LogP) is 9.31. The van der Waals surface area contributed by atoms with Gasteiger partial charge in [-0.3, -0.25) is 4.99 Å².